The number of nitrogens with zero attached hydrogens (tertiary/aromatic N) is 5. The average molecular weight is 463 g/mol. The van der Waals surface area contributed by atoms with E-state index in [0.717, 1.165) is 31.7 Å². The summed E-state index contributed by atoms with van der Waals surface area (Å²) in [5.41, 5.74) is 0.288. The number of amides is 3. The van der Waals surface area contributed by atoms with Gasteiger partial charge in [0.15, 0.2) is 5.69 Å². The van der Waals surface area contributed by atoms with Crippen LogP contribution >= 0.6 is 11.6 Å². The van der Waals surface area contributed by atoms with Gasteiger partial charge in [0.1, 0.15) is 5.82 Å². The lowest BCUT2D eigenvalue weighted by molar-refractivity contribution is -0.131. The Balaban J connectivity index is 1.25. The first-order valence-corrected chi connectivity index (χ1v) is 11.0. The van der Waals surface area contributed by atoms with Crippen LogP contribution in [0.5, 0.6) is 0 Å². The van der Waals surface area contributed by atoms with Crippen LogP contribution in [-0.4, -0.2) is 75.2 Å². The van der Waals surface area contributed by atoms with Gasteiger partial charge in [0, 0.05) is 26.2 Å². The molecule has 0 radical (unpaired) electrons. The van der Waals surface area contributed by atoms with Crippen LogP contribution in [0.1, 0.15) is 52.6 Å². The Labute approximate surface area is 189 Å². The highest BCUT2D eigenvalue weighted by Gasteiger charge is 2.27. The summed E-state index contributed by atoms with van der Waals surface area (Å²) in [6, 6.07) is 3.94. The molecule has 170 valence electrons. The van der Waals surface area contributed by atoms with Crippen molar-refractivity contribution in [2.75, 3.05) is 32.7 Å². The minimum Gasteiger partial charge on any atom is -0.342 e. The number of rotatable bonds is 5. The third kappa shape index (κ3) is 4.90. The first-order valence-electron chi connectivity index (χ1n) is 10.6. The second kappa shape index (κ2) is 9.64. The van der Waals surface area contributed by atoms with Crippen molar-refractivity contribution in [2.45, 2.75) is 31.7 Å². The van der Waals surface area contributed by atoms with Crippen molar-refractivity contribution >= 4 is 29.3 Å². The molecule has 1 aromatic heterocycles. The summed E-state index contributed by atoms with van der Waals surface area (Å²) in [6.45, 7) is 1.04. The summed E-state index contributed by atoms with van der Waals surface area (Å²) in [5, 5.41) is 10.7. The fourth-order valence-corrected chi connectivity index (χ4v) is 4.28. The molecule has 0 unspecified atom stereocenters. The molecule has 1 aliphatic heterocycles. The second-order valence-corrected chi connectivity index (χ2v) is 8.41. The fourth-order valence-electron chi connectivity index (χ4n) is 4.08. The van der Waals surface area contributed by atoms with Crippen molar-refractivity contribution < 1.29 is 18.8 Å². The van der Waals surface area contributed by atoms with E-state index in [9.17, 15) is 18.8 Å². The smallest absolute Gasteiger partial charge is 0.273 e. The topological polar surface area (TPSA) is 100 Å². The lowest BCUT2D eigenvalue weighted by atomic mass is 10.1. The van der Waals surface area contributed by atoms with E-state index < -0.39 is 11.7 Å². The van der Waals surface area contributed by atoms with Gasteiger partial charge < -0.3 is 15.1 Å². The van der Waals surface area contributed by atoms with Crippen LogP contribution in [0.25, 0.3) is 0 Å². The third-order valence-electron chi connectivity index (χ3n) is 5.92. The Bertz CT molecular complexity index is 1010. The molecular weight excluding hydrogens is 439 g/mol. The number of hydrogen-bond donors (Lipinski definition) is 1. The van der Waals surface area contributed by atoms with Crippen LogP contribution in [0.2, 0.25) is 5.02 Å². The first kappa shape index (κ1) is 22.2. The largest absolute Gasteiger partial charge is 0.342 e. The summed E-state index contributed by atoms with van der Waals surface area (Å²) < 4.78 is 15.2. The van der Waals surface area contributed by atoms with Crippen molar-refractivity contribution in [2.24, 2.45) is 0 Å². The lowest BCUT2D eigenvalue weighted by Crippen LogP contribution is -2.52. The summed E-state index contributed by atoms with van der Waals surface area (Å²) in [6.07, 6.45) is 5.98. The lowest BCUT2D eigenvalue weighted by Gasteiger charge is -2.35. The molecule has 2 aromatic rings. The van der Waals surface area contributed by atoms with Crippen LogP contribution in [0, 0.1) is 5.82 Å². The molecule has 1 aromatic carbocycles. The van der Waals surface area contributed by atoms with Gasteiger partial charge in [-0.3, -0.25) is 14.4 Å². The van der Waals surface area contributed by atoms with E-state index >= 15 is 0 Å². The molecular formula is C21H24ClFN6O3. The van der Waals surface area contributed by atoms with Crippen LogP contribution in [0.4, 0.5) is 4.39 Å². The van der Waals surface area contributed by atoms with E-state index in [1.54, 1.807) is 15.8 Å². The van der Waals surface area contributed by atoms with E-state index in [-0.39, 0.29) is 40.7 Å². The molecule has 11 heteroatoms. The maximum absolute atomic E-state index is 13.5. The zero-order valence-corrected chi connectivity index (χ0v) is 18.2. The normalized spacial score (nSPS) is 16.9. The Morgan fingerprint density at radius 3 is 2.50 bits per heavy atom. The minimum atomic E-state index is -0.536. The van der Waals surface area contributed by atoms with Crippen molar-refractivity contribution in [3.8, 4) is 0 Å². The van der Waals surface area contributed by atoms with Crippen molar-refractivity contribution in [3.63, 3.8) is 0 Å². The SMILES string of the molecule is O=C(NCC(=O)N1CCN(C(=O)c2cc(F)ccc2Cl)CC1)c1cn(C2CCCC2)nn1. The van der Waals surface area contributed by atoms with Crippen molar-refractivity contribution in [3.05, 3.63) is 46.5 Å². The van der Waals surface area contributed by atoms with E-state index in [2.05, 4.69) is 15.6 Å². The molecule has 0 spiro atoms. The van der Waals surface area contributed by atoms with E-state index in [1.165, 1.54) is 17.0 Å². The molecule has 2 aliphatic rings. The highest BCUT2D eigenvalue weighted by atomic mass is 35.5. The van der Waals surface area contributed by atoms with E-state index in [1.807, 2.05) is 0 Å². The molecule has 1 saturated heterocycles. The number of carbonyl (C=O) groups is 3. The number of benzene rings is 1. The summed E-state index contributed by atoms with van der Waals surface area (Å²) in [4.78, 5) is 40.5. The monoisotopic (exact) mass is 462 g/mol. The predicted molar refractivity (Wildman–Crippen MR) is 114 cm³/mol. The maximum Gasteiger partial charge on any atom is 0.273 e. The van der Waals surface area contributed by atoms with Gasteiger partial charge >= 0.3 is 0 Å². The van der Waals surface area contributed by atoms with Gasteiger partial charge in [0.2, 0.25) is 5.91 Å². The number of nitrogens with one attached hydrogen (secondary N) is 1. The van der Waals surface area contributed by atoms with Gasteiger partial charge in [0.25, 0.3) is 11.8 Å². The molecule has 32 heavy (non-hydrogen) atoms. The van der Waals surface area contributed by atoms with Gasteiger partial charge in [-0.1, -0.05) is 29.7 Å². The van der Waals surface area contributed by atoms with E-state index in [4.69, 9.17) is 11.6 Å². The highest BCUT2D eigenvalue weighted by Crippen LogP contribution is 2.28. The number of piperazine rings is 1. The Hall–Kier alpha value is -3.01. The fraction of sp³-hybridized carbons (Fsp3) is 0.476. The zero-order chi connectivity index (χ0) is 22.7. The first-order chi connectivity index (χ1) is 15.4. The molecule has 9 nitrogen and oxygen atoms in total. The van der Waals surface area contributed by atoms with Gasteiger partial charge in [-0.15, -0.1) is 5.10 Å². The van der Waals surface area contributed by atoms with Crippen LogP contribution < -0.4 is 5.32 Å². The molecule has 1 N–H and O–H groups in total. The summed E-state index contributed by atoms with van der Waals surface area (Å²) in [7, 11) is 0. The number of aromatic nitrogens is 3. The quantitative estimate of drug-likeness (QED) is 0.731. The Kier molecular flexibility index (Phi) is 6.69. The van der Waals surface area contributed by atoms with Crippen LogP contribution in [-0.2, 0) is 4.79 Å². The zero-order valence-electron chi connectivity index (χ0n) is 17.5. The maximum atomic E-state index is 13.5. The minimum absolute atomic E-state index is 0.101. The van der Waals surface area contributed by atoms with Crippen molar-refractivity contribution in [1.82, 2.24) is 30.1 Å². The predicted octanol–water partition coefficient (Wildman–Crippen LogP) is 1.90. The number of hydrogen-bond acceptors (Lipinski definition) is 5. The van der Waals surface area contributed by atoms with Crippen LogP contribution in [0.3, 0.4) is 0 Å². The molecule has 2 fully saturated rings. The van der Waals surface area contributed by atoms with Gasteiger partial charge in [-0.2, -0.15) is 0 Å². The summed E-state index contributed by atoms with van der Waals surface area (Å²) in [5.74, 6) is -1.61. The molecule has 0 bridgehead atoms. The van der Waals surface area contributed by atoms with Crippen LogP contribution in [0.15, 0.2) is 24.4 Å². The average Bonchev–Trinajstić information content (AvgIpc) is 3.50. The molecule has 2 heterocycles. The molecule has 4 rings (SSSR count). The van der Waals surface area contributed by atoms with Crippen molar-refractivity contribution in [1.29, 1.82) is 0 Å². The molecule has 0 atom stereocenters. The molecule has 1 aliphatic carbocycles. The van der Waals surface area contributed by atoms with Gasteiger partial charge in [0.05, 0.1) is 29.4 Å². The summed E-state index contributed by atoms with van der Waals surface area (Å²) >= 11 is 6.02. The third-order valence-corrected chi connectivity index (χ3v) is 6.25. The number of carbonyl (C=O) groups excluding carboxylic acids is 3. The Morgan fingerprint density at radius 2 is 1.78 bits per heavy atom. The van der Waals surface area contributed by atoms with Gasteiger partial charge in [-0.05, 0) is 31.0 Å². The number of halogens is 2. The van der Waals surface area contributed by atoms with Gasteiger partial charge in [-0.25, -0.2) is 9.07 Å². The Morgan fingerprint density at radius 1 is 1.09 bits per heavy atom. The molecule has 1 saturated carbocycles. The standard InChI is InChI=1S/C21H24ClFN6O3/c22-17-6-5-14(23)11-16(17)21(32)28-9-7-27(8-10-28)19(30)12-24-20(31)18-13-29(26-25-18)15-3-1-2-4-15/h5-6,11,13,15H,1-4,7-10,12H2,(H,24,31). The highest BCUT2D eigenvalue weighted by molar-refractivity contribution is 6.33. The molecule has 3 amide bonds. The van der Waals surface area contributed by atoms with E-state index in [0.29, 0.717) is 26.2 Å². The second-order valence-electron chi connectivity index (χ2n) is 8.00.